The molecule has 2 unspecified atom stereocenters. The van der Waals surface area contributed by atoms with Gasteiger partial charge in [-0.2, -0.15) is 4.39 Å². The third-order valence-corrected chi connectivity index (χ3v) is 6.83. The number of ether oxygens (including phenoxy) is 1. The van der Waals surface area contributed by atoms with Crippen molar-refractivity contribution < 1.29 is 29.6 Å². The van der Waals surface area contributed by atoms with Gasteiger partial charge in [-0.3, -0.25) is 0 Å². The number of hydrogen-bond acceptors (Lipinski definition) is 7. The van der Waals surface area contributed by atoms with Crippen molar-refractivity contribution >= 4 is 22.9 Å². The third kappa shape index (κ3) is 4.65. The van der Waals surface area contributed by atoms with Gasteiger partial charge in [0.25, 0.3) is 0 Å². The maximum absolute atomic E-state index is 13.1. The van der Waals surface area contributed by atoms with Crippen molar-refractivity contribution in [2.45, 2.75) is 36.9 Å². The number of halogens is 2. The highest BCUT2D eigenvalue weighted by atomic mass is 35.5. The van der Waals surface area contributed by atoms with Gasteiger partial charge < -0.3 is 25.2 Å². The van der Waals surface area contributed by atoms with Gasteiger partial charge >= 0.3 is 0 Å². The number of rotatable bonds is 5. The number of aliphatic hydroxyl groups excluding tert-OH is 4. The first-order chi connectivity index (χ1) is 14.9. The molecular weight excluding hydrogens is 445 g/mol. The van der Waals surface area contributed by atoms with E-state index in [0.29, 0.717) is 17.0 Å². The minimum absolute atomic E-state index is 0.488. The molecule has 9 heteroatoms. The summed E-state index contributed by atoms with van der Waals surface area (Å²) in [6, 6.07) is 12.0. The predicted octanol–water partition coefficient (Wildman–Crippen LogP) is 2.71. The molecule has 3 heterocycles. The minimum Gasteiger partial charge on any atom is -0.394 e. The fraction of sp³-hybridized carbons (Fsp3) is 0.318. The van der Waals surface area contributed by atoms with Crippen molar-refractivity contribution in [3.8, 4) is 10.4 Å². The highest BCUT2D eigenvalue weighted by Gasteiger charge is 2.44. The van der Waals surface area contributed by atoms with E-state index in [1.807, 2.05) is 12.1 Å². The largest absolute Gasteiger partial charge is 0.394 e. The predicted molar refractivity (Wildman–Crippen MR) is 114 cm³/mol. The second-order valence-corrected chi connectivity index (χ2v) is 8.99. The Morgan fingerprint density at radius 3 is 2.55 bits per heavy atom. The first kappa shape index (κ1) is 22.3. The van der Waals surface area contributed by atoms with Crippen LogP contribution in [0.25, 0.3) is 10.4 Å². The fourth-order valence-electron chi connectivity index (χ4n) is 3.62. The molecule has 5 atom stereocenters. The van der Waals surface area contributed by atoms with Crippen LogP contribution in [-0.2, 0) is 11.2 Å². The van der Waals surface area contributed by atoms with Crippen LogP contribution in [0.3, 0.4) is 0 Å². The second kappa shape index (κ2) is 9.30. The van der Waals surface area contributed by atoms with Gasteiger partial charge in [-0.05, 0) is 41.5 Å². The van der Waals surface area contributed by atoms with Crippen LogP contribution >= 0.6 is 22.9 Å². The Morgan fingerprint density at radius 1 is 1.03 bits per heavy atom. The maximum Gasteiger partial charge on any atom is 0.212 e. The zero-order valence-electron chi connectivity index (χ0n) is 16.2. The van der Waals surface area contributed by atoms with Crippen molar-refractivity contribution in [3.05, 3.63) is 75.6 Å². The van der Waals surface area contributed by atoms with Crippen molar-refractivity contribution in [3.63, 3.8) is 0 Å². The Labute approximate surface area is 187 Å². The lowest BCUT2D eigenvalue weighted by Gasteiger charge is -2.40. The van der Waals surface area contributed by atoms with E-state index in [2.05, 4.69) is 4.98 Å². The first-order valence-corrected chi connectivity index (χ1v) is 10.9. The second-order valence-electron chi connectivity index (χ2n) is 7.41. The van der Waals surface area contributed by atoms with Crippen molar-refractivity contribution in [2.75, 3.05) is 6.61 Å². The number of aliphatic hydroxyl groups is 4. The van der Waals surface area contributed by atoms with Crippen LogP contribution in [0.1, 0.15) is 22.1 Å². The number of thiophene rings is 1. The summed E-state index contributed by atoms with van der Waals surface area (Å²) in [6.07, 6.45) is -4.11. The summed E-state index contributed by atoms with van der Waals surface area (Å²) < 4.78 is 18.7. The molecule has 4 rings (SSSR count). The molecule has 0 saturated carbocycles. The van der Waals surface area contributed by atoms with Crippen LogP contribution in [0, 0.1) is 5.95 Å². The zero-order valence-corrected chi connectivity index (χ0v) is 17.8. The topological polar surface area (TPSA) is 103 Å². The molecule has 1 aromatic carbocycles. The summed E-state index contributed by atoms with van der Waals surface area (Å²) in [7, 11) is 0. The van der Waals surface area contributed by atoms with Gasteiger partial charge in [-0.15, -0.1) is 11.3 Å². The minimum atomic E-state index is -1.45. The van der Waals surface area contributed by atoms with Crippen molar-refractivity contribution in [2.24, 2.45) is 0 Å². The lowest BCUT2D eigenvalue weighted by molar-refractivity contribution is -0.231. The quantitative estimate of drug-likeness (QED) is 0.432. The molecule has 1 fully saturated rings. The van der Waals surface area contributed by atoms with Gasteiger partial charge in [-0.1, -0.05) is 23.7 Å². The molecular formula is C22H21ClFNO5S. The van der Waals surface area contributed by atoms with E-state index < -0.39 is 43.1 Å². The number of nitrogens with zero attached hydrogens (tertiary/aromatic N) is 1. The molecule has 1 aliphatic rings. The Hall–Kier alpha value is -1.91. The summed E-state index contributed by atoms with van der Waals surface area (Å²) in [4.78, 5) is 5.65. The average Bonchev–Trinajstić information content (AvgIpc) is 3.23. The molecule has 2 aromatic heterocycles. The van der Waals surface area contributed by atoms with E-state index >= 15 is 0 Å². The number of benzene rings is 1. The van der Waals surface area contributed by atoms with Crippen LogP contribution in [0.5, 0.6) is 0 Å². The molecule has 0 radical (unpaired) electrons. The summed E-state index contributed by atoms with van der Waals surface area (Å²) in [5.74, 6) is -0.530. The SMILES string of the molecule is OC[C@H]1OC(c2ccc(Cl)c(Cc3ccc(-c4ccc(F)nc4)s3)c2)[C@H](O)C(O)[C@@H]1O. The zero-order chi connectivity index (χ0) is 22.1. The van der Waals surface area contributed by atoms with Gasteiger partial charge in [0, 0.05) is 33.0 Å². The lowest BCUT2D eigenvalue weighted by Crippen LogP contribution is -2.55. The number of hydrogen-bond donors (Lipinski definition) is 4. The Kier molecular flexibility index (Phi) is 6.68. The van der Waals surface area contributed by atoms with E-state index in [0.717, 1.165) is 20.9 Å². The third-order valence-electron chi connectivity index (χ3n) is 5.33. The van der Waals surface area contributed by atoms with Gasteiger partial charge in [-0.25, -0.2) is 4.98 Å². The van der Waals surface area contributed by atoms with Crippen LogP contribution < -0.4 is 0 Å². The molecule has 6 nitrogen and oxygen atoms in total. The average molecular weight is 466 g/mol. The summed E-state index contributed by atoms with van der Waals surface area (Å²) in [6.45, 7) is -0.488. The normalized spacial score (nSPS) is 26.2. The number of pyridine rings is 1. The highest BCUT2D eigenvalue weighted by Crippen LogP contribution is 2.35. The molecule has 0 amide bonds. The Morgan fingerprint density at radius 2 is 1.84 bits per heavy atom. The Bertz CT molecular complexity index is 1040. The lowest BCUT2D eigenvalue weighted by atomic mass is 9.90. The molecule has 164 valence electrons. The van der Waals surface area contributed by atoms with Gasteiger partial charge in [0.15, 0.2) is 0 Å². The van der Waals surface area contributed by atoms with E-state index in [1.54, 1.807) is 24.3 Å². The fourth-order valence-corrected chi connectivity index (χ4v) is 4.83. The number of aromatic nitrogens is 1. The molecule has 0 aliphatic carbocycles. The molecule has 4 N–H and O–H groups in total. The van der Waals surface area contributed by atoms with Crippen LogP contribution in [-0.4, -0.2) is 56.4 Å². The van der Waals surface area contributed by atoms with E-state index in [-0.39, 0.29) is 0 Å². The van der Waals surface area contributed by atoms with Gasteiger partial charge in [0.05, 0.1) is 6.61 Å². The monoisotopic (exact) mass is 465 g/mol. The van der Waals surface area contributed by atoms with E-state index in [9.17, 15) is 24.8 Å². The van der Waals surface area contributed by atoms with Crippen molar-refractivity contribution in [1.82, 2.24) is 4.98 Å². The van der Waals surface area contributed by atoms with Crippen LogP contribution in [0.2, 0.25) is 5.02 Å². The van der Waals surface area contributed by atoms with Gasteiger partial charge in [0.1, 0.15) is 30.5 Å². The summed E-state index contributed by atoms with van der Waals surface area (Å²) >= 11 is 7.92. The van der Waals surface area contributed by atoms with Crippen molar-refractivity contribution in [1.29, 1.82) is 0 Å². The van der Waals surface area contributed by atoms with Gasteiger partial charge in [0.2, 0.25) is 5.95 Å². The summed E-state index contributed by atoms with van der Waals surface area (Å²) in [5.41, 5.74) is 2.19. The van der Waals surface area contributed by atoms with E-state index in [1.165, 1.54) is 23.6 Å². The Balaban J connectivity index is 1.57. The molecule has 3 aromatic rings. The van der Waals surface area contributed by atoms with Crippen LogP contribution in [0.15, 0.2) is 48.7 Å². The molecule has 1 saturated heterocycles. The molecule has 0 spiro atoms. The molecule has 0 bridgehead atoms. The highest BCUT2D eigenvalue weighted by molar-refractivity contribution is 7.15. The smallest absolute Gasteiger partial charge is 0.212 e. The maximum atomic E-state index is 13.1. The van der Waals surface area contributed by atoms with Crippen LogP contribution in [0.4, 0.5) is 4.39 Å². The summed E-state index contributed by atoms with van der Waals surface area (Å²) in [5, 5.41) is 40.4. The molecule has 1 aliphatic heterocycles. The standard InChI is InChI=1S/C22H21ClFNO5S/c23-15-4-1-11(22-21(29)20(28)19(27)16(10-26)30-22)7-13(15)8-14-3-5-17(31-14)12-2-6-18(24)25-9-12/h1-7,9,16,19-22,26-29H,8,10H2/t16-,19-,20?,21-,22?/m1/s1. The molecule has 31 heavy (non-hydrogen) atoms. The van der Waals surface area contributed by atoms with E-state index in [4.69, 9.17) is 16.3 Å². The first-order valence-electron chi connectivity index (χ1n) is 9.67.